The molecule has 0 N–H and O–H groups in total. The first-order valence-electron chi connectivity index (χ1n) is 4.91. The van der Waals surface area contributed by atoms with Crippen molar-refractivity contribution in [2.75, 3.05) is 18.0 Å². The summed E-state index contributed by atoms with van der Waals surface area (Å²) >= 11 is 5.77. The number of rotatable bonds is 1. The summed E-state index contributed by atoms with van der Waals surface area (Å²) in [6.45, 7) is 1.71. The first-order valence-corrected chi connectivity index (χ1v) is 5.29. The Morgan fingerprint density at radius 3 is 2.73 bits per heavy atom. The van der Waals surface area contributed by atoms with Gasteiger partial charge in [-0.3, -0.25) is 4.98 Å². The number of halogens is 1. The Morgan fingerprint density at radius 1 is 1.40 bits per heavy atom. The monoisotopic (exact) mass is 222 g/mol. The van der Waals surface area contributed by atoms with Gasteiger partial charge >= 0.3 is 0 Å². The van der Waals surface area contributed by atoms with E-state index in [1.54, 1.807) is 6.20 Å². The van der Waals surface area contributed by atoms with Gasteiger partial charge in [0, 0.05) is 19.0 Å². The third-order valence-electron chi connectivity index (χ3n) is 2.59. The fourth-order valence-corrected chi connectivity index (χ4v) is 1.87. The van der Waals surface area contributed by atoms with Crippen LogP contribution >= 0.6 is 11.6 Å². The van der Waals surface area contributed by atoms with Crippen LogP contribution in [0.5, 0.6) is 0 Å². The summed E-state index contributed by atoms with van der Waals surface area (Å²) < 4.78 is 0. The van der Waals surface area contributed by atoms with Gasteiger partial charge in [0.25, 0.3) is 0 Å². The lowest BCUT2D eigenvalue weighted by Crippen LogP contribution is -2.33. The van der Waals surface area contributed by atoms with E-state index in [-0.39, 0.29) is 5.92 Å². The first kappa shape index (κ1) is 10.2. The van der Waals surface area contributed by atoms with E-state index in [2.05, 4.69) is 20.9 Å². The normalized spacial score (nSPS) is 17.5. The highest BCUT2D eigenvalue weighted by molar-refractivity contribution is 6.29. The van der Waals surface area contributed by atoms with Crippen LogP contribution in [0.15, 0.2) is 12.4 Å². The Morgan fingerprint density at radius 2 is 2.13 bits per heavy atom. The lowest BCUT2D eigenvalue weighted by molar-refractivity contribution is 0.485. The van der Waals surface area contributed by atoms with E-state index in [1.165, 1.54) is 6.20 Å². The highest BCUT2D eigenvalue weighted by atomic mass is 35.5. The van der Waals surface area contributed by atoms with Crippen molar-refractivity contribution >= 4 is 17.4 Å². The molecule has 1 saturated heterocycles. The van der Waals surface area contributed by atoms with Crippen LogP contribution in [-0.4, -0.2) is 23.1 Å². The van der Waals surface area contributed by atoms with Gasteiger partial charge in [0.15, 0.2) is 0 Å². The van der Waals surface area contributed by atoms with Crippen molar-refractivity contribution in [3.63, 3.8) is 0 Å². The predicted octanol–water partition coefficient (Wildman–Crippen LogP) is 1.87. The second kappa shape index (κ2) is 4.45. The molecule has 1 aliphatic heterocycles. The largest absolute Gasteiger partial charge is 0.355 e. The number of piperidine rings is 1. The molecule has 1 aliphatic rings. The minimum atomic E-state index is 0.188. The fraction of sp³-hybridized carbons (Fsp3) is 0.500. The molecule has 0 saturated carbocycles. The van der Waals surface area contributed by atoms with Crippen LogP contribution in [0.1, 0.15) is 12.8 Å². The molecular weight excluding hydrogens is 212 g/mol. The molecule has 0 radical (unpaired) electrons. The molecule has 0 aliphatic carbocycles. The number of hydrogen-bond acceptors (Lipinski definition) is 4. The molecule has 15 heavy (non-hydrogen) atoms. The van der Waals surface area contributed by atoms with Crippen molar-refractivity contribution in [1.82, 2.24) is 9.97 Å². The predicted molar refractivity (Wildman–Crippen MR) is 57.6 cm³/mol. The molecule has 1 fully saturated rings. The molecule has 4 nitrogen and oxygen atoms in total. The Labute approximate surface area is 93.5 Å². The number of nitriles is 1. The third kappa shape index (κ3) is 2.37. The second-order valence-electron chi connectivity index (χ2n) is 3.59. The molecule has 0 amide bonds. The first-order chi connectivity index (χ1) is 7.29. The molecule has 0 atom stereocenters. The topological polar surface area (TPSA) is 52.8 Å². The molecular formula is C10H11ClN4. The van der Waals surface area contributed by atoms with E-state index in [0.717, 1.165) is 31.7 Å². The molecule has 0 bridgehead atoms. The van der Waals surface area contributed by atoms with Crippen LogP contribution in [0.4, 0.5) is 5.82 Å². The van der Waals surface area contributed by atoms with Gasteiger partial charge in [0.2, 0.25) is 0 Å². The van der Waals surface area contributed by atoms with Crippen molar-refractivity contribution in [3.05, 3.63) is 17.5 Å². The van der Waals surface area contributed by atoms with Crippen molar-refractivity contribution in [2.24, 2.45) is 5.92 Å². The van der Waals surface area contributed by atoms with Gasteiger partial charge < -0.3 is 4.90 Å². The fourth-order valence-electron chi connectivity index (χ4n) is 1.72. The lowest BCUT2D eigenvalue weighted by atomic mass is 9.99. The maximum Gasteiger partial charge on any atom is 0.149 e. The lowest BCUT2D eigenvalue weighted by Gasteiger charge is -2.29. The number of hydrogen-bond donors (Lipinski definition) is 0. The molecule has 2 rings (SSSR count). The Hall–Kier alpha value is -1.34. The maximum absolute atomic E-state index is 8.77. The summed E-state index contributed by atoms with van der Waals surface area (Å²) in [5, 5.41) is 9.19. The highest BCUT2D eigenvalue weighted by Crippen LogP contribution is 2.21. The van der Waals surface area contributed by atoms with Gasteiger partial charge in [-0.05, 0) is 12.8 Å². The minimum Gasteiger partial charge on any atom is -0.355 e. The van der Waals surface area contributed by atoms with Crippen LogP contribution < -0.4 is 4.90 Å². The standard InChI is InChI=1S/C10H11ClN4/c11-9-6-13-7-10(14-9)15-3-1-8(5-12)2-4-15/h6-8H,1-4H2. The van der Waals surface area contributed by atoms with Crippen LogP contribution in [0.2, 0.25) is 5.15 Å². The van der Waals surface area contributed by atoms with Crippen molar-refractivity contribution < 1.29 is 0 Å². The summed E-state index contributed by atoms with van der Waals surface area (Å²) in [5.41, 5.74) is 0. The van der Waals surface area contributed by atoms with E-state index in [4.69, 9.17) is 16.9 Å². The highest BCUT2D eigenvalue weighted by Gasteiger charge is 2.19. The number of anilines is 1. The van der Waals surface area contributed by atoms with E-state index >= 15 is 0 Å². The zero-order valence-electron chi connectivity index (χ0n) is 8.23. The molecule has 0 unspecified atom stereocenters. The molecule has 1 aromatic heterocycles. The van der Waals surface area contributed by atoms with E-state index < -0.39 is 0 Å². The van der Waals surface area contributed by atoms with Crippen molar-refractivity contribution in [3.8, 4) is 6.07 Å². The number of aromatic nitrogens is 2. The summed E-state index contributed by atoms with van der Waals surface area (Å²) in [4.78, 5) is 10.3. The average Bonchev–Trinajstić information content (AvgIpc) is 2.29. The zero-order chi connectivity index (χ0) is 10.7. The SMILES string of the molecule is N#CC1CCN(c2cncc(Cl)n2)CC1. The Bertz CT molecular complexity index is 379. The van der Waals surface area contributed by atoms with Gasteiger partial charge in [-0.1, -0.05) is 11.6 Å². The maximum atomic E-state index is 8.77. The van der Waals surface area contributed by atoms with Crippen molar-refractivity contribution in [1.29, 1.82) is 5.26 Å². The van der Waals surface area contributed by atoms with Gasteiger partial charge in [-0.2, -0.15) is 5.26 Å². The van der Waals surface area contributed by atoms with Crippen molar-refractivity contribution in [2.45, 2.75) is 12.8 Å². The van der Waals surface area contributed by atoms with Crippen LogP contribution in [0, 0.1) is 17.2 Å². The zero-order valence-corrected chi connectivity index (χ0v) is 8.98. The van der Waals surface area contributed by atoms with Gasteiger partial charge in [-0.25, -0.2) is 4.98 Å². The van der Waals surface area contributed by atoms with E-state index in [0.29, 0.717) is 5.15 Å². The summed E-state index contributed by atoms with van der Waals surface area (Å²) in [7, 11) is 0. The average molecular weight is 223 g/mol. The van der Waals surface area contributed by atoms with Gasteiger partial charge in [-0.15, -0.1) is 0 Å². The molecule has 5 heteroatoms. The Balaban J connectivity index is 2.05. The summed E-state index contributed by atoms with van der Waals surface area (Å²) in [6, 6.07) is 2.30. The van der Waals surface area contributed by atoms with Gasteiger partial charge in [0.05, 0.1) is 18.5 Å². The molecule has 1 aromatic rings. The quantitative estimate of drug-likeness (QED) is 0.728. The van der Waals surface area contributed by atoms with E-state index in [1.807, 2.05) is 0 Å². The Kier molecular flexibility index (Phi) is 3.02. The molecule has 0 spiro atoms. The van der Waals surface area contributed by atoms with Crippen LogP contribution in [-0.2, 0) is 0 Å². The smallest absolute Gasteiger partial charge is 0.149 e. The second-order valence-corrected chi connectivity index (χ2v) is 3.98. The van der Waals surface area contributed by atoms with Crippen LogP contribution in [0.25, 0.3) is 0 Å². The molecule has 2 heterocycles. The molecule has 78 valence electrons. The summed E-state index contributed by atoms with van der Waals surface area (Å²) in [5.74, 6) is 0.993. The van der Waals surface area contributed by atoms with Crippen LogP contribution in [0.3, 0.4) is 0 Å². The third-order valence-corrected chi connectivity index (χ3v) is 2.78. The van der Waals surface area contributed by atoms with E-state index in [9.17, 15) is 0 Å². The molecule has 0 aromatic carbocycles. The number of nitrogens with zero attached hydrogens (tertiary/aromatic N) is 4. The summed E-state index contributed by atoms with van der Waals surface area (Å²) in [6.07, 6.45) is 5.01. The minimum absolute atomic E-state index is 0.188. The van der Waals surface area contributed by atoms with Gasteiger partial charge in [0.1, 0.15) is 11.0 Å².